The molecule has 2 rings (SSSR count). The third kappa shape index (κ3) is 4.38. The first-order valence-corrected chi connectivity index (χ1v) is 7.93. The summed E-state index contributed by atoms with van der Waals surface area (Å²) in [7, 11) is 2.86. The molecular weight excluding hydrogens is 382 g/mol. The average Bonchev–Trinajstić information content (AvgIpc) is 2.62. The fraction of sp³-hybridized carbons (Fsp3) is 0.125. The van der Waals surface area contributed by atoms with Crippen molar-refractivity contribution in [2.75, 3.05) is 19.5 Å². The fourth-order valence-electron chi connectivity index (χ4n) is 2.11. The van der Waals surface area contributed by atoms with Crippen molar-refractivity contribution in [2.45, 2.75) is 0 Å². The zero-order chi connectivity index (χ0) is 19.3. The molecule has 8 nitrogen and oxygen atoms in total. The van der Waals surface area contributed by atoms with Gasteiger partial charge in [-0.25, -0.2) is 0 Å². The van der Waals surface area contributed by atoms with E-state index in [1.807, 2.05) is 0 Å². The van der Waals surface area contributed by atoms with Gasteiger partial charge in [-0.1, -0.05) is 17.7 Å². The minimum Gasteiger partial charge on any atom is -0.496 e. The van der Waals surface area contributed by atoms with E-state index in [1.165, 1.54) is 32.4 Å². The smallest absolute Gasteiger partial charge is 0.271 e. The largest absolute Gasteiger partial charge is 0.496 e. The molecular formula is C16H14ClN3O5S. The molecule has 0 radical (unpaired) electrons. The Labute approximate surface area is 159 Å². The fourth-order valence-corrected chi connectivity index (χ4v) is 2.54. The van der Waals surface area contributed by atoms with Gasteiger partial charge in [0.05, 0.1) is 29.9 Å². The molecule has 0 spiro atoms. The number of non-ortho nitro benzene ring substituents is 1. The van der Waals surface area contributed by atoms with Crippen LogP contribution in [0.3, 0.4) is 0 Å². The Bertz CT molecular complexity index is 853. The van der Waals surface area contributed by atoms with Gasteiger partial charge in [0.1, 0.15) is 17.1 Å². The first-order chi connectivity index (χ1) is 12.4. The lowest BCUT2D eigenvalue weighted by molar-refractivity contribution is -0.384. The van der Waals surface area contributed by atoms with Gasteiger partial charge in [0.15, 0.2) is 5.11 Å². The van der Waals surface area contributed by atoms with Gasteiger partial charge in [-0.2, -0.15) is 0 Å². The molecule has 0 saturated carbocycles. The predicted octanol–water partition coefficient (Wildman–Crippen LogP) is 3.39. The van der Waals surface area contributed by atoms with Crippen molar-refractivity contribution in [3.05, 3.63) is 57.1 Å². The van der Waals surface area contributed by atoms with E-state index in [9.17, 15) is 14.9 Å². The number of anilines is 1. The van der Waals surface area contributed by atoms with Crippen molar-refractivity contribution in [3.63, 3.8) is 0 Å². The molecule has 0 fully saturated rings. The lowest BCUT2D eigenvalue weighted by atomic mass is 10.1. The molecule has 0 heterocycles. The third-order valence-corrected chi connectivity index (χ3v) is 3.81. The van der Waals surface area contributed by atoms with E-state index in [2.05, 4.69) is 10.6 Å². The molecule has 2 N–H and O–H groups in total. The highest BCUT2D eigenvalue weighted by Gasteiger charge is 2.19. The van der Waals surface area contributed by atoms with Crippen LogP contribution < -0.4 is 20.1 Å². The Morgan fingerprint density at radius 2 is 1.81 bits per heavy atom. The van der Waals surface area contributed by atoms with Gasteiger partial charge in [-0.3, -0.25) is 20.2 Å². The molecule has 0 unspecified atom stereocenters. The minimum atomic E-state index is -0.566. The maximum Gasteiger partial charge on any atom is 0.271 e. The van der Waals surface area contributed by atoms with Crippen LogP contribution in [0.1, 0.15) is 10.4 Å². The number of nitrogens with zero attached hydrogens (tertiary/aromatic N) is 1. The Morgan fingerprint density at radius 3 is 2.31 bits per heavy atom. The number of carbonyl (C=O) groups excluding carboxylic acids is 1. The minimum absolute atomic E-state index is 0.0429. The summed E-state index contributed by atoms with van der Waals surface area (Å²) in [6.07, 6.45) is 0. The first kappa shape index (κ1) is 19.4. The van der Waals surface area contributed by atoms with Crippen molar-refractivity contribution >= 4 is 46.2 Å². The van der Waals surface area contributed by atoms with Gasteiger partial charge in [0, 0.05) is 12.1 Å². The molecule has 0 aliphatic heterocycles. The maximum absolute atomic E-state index is 12.5. The number of nitrogens with one attached hydrogen (secondary N) is 2. The molecule has 2 aromatic carbocycles. The van der Waals surface area contributed by atoms with E-state index < -0.39 is 10.8 Å². The van der Waals surface area contributed by atoms with E-state index in [-0.39, 0.29) is 21.4 Å². The van der Waals surface area contributed by atoms with Crippen LogP contribution in [-0.2, 0) is 0 Å². The van der Waals surface area contributed by atoms with E-state index in [0.717, 1.165) is 0 Å². The zero-order valence-electron chi connectivity index (χ0n) is 13.7. The number of methoxy groups -OCH3 is 2. The van der Waals surface area contributed by atoms with Crippen LogP contribution in [0.2, 0.25) is 5.02 Å². The molecule has 10 heteroatoms. The number of nitro benzene ring substituents is 1. The number of benzene rings is 2. The number of halogens is 1. The summed E-state index contributed by atoms with van der Waals surface area (Å²) in [6.45, 7) is 0. The Hall–Kier alpha value is -2.91. The van der Waals surface area contributed by atoms with Crippen molar-refractivity contribution < 1.29 is 19.2 Å². The van der Waals surface area contributed by atoms with Crippen molar-refractivity contribution in [2.24, 2.45) is 0 Å². The highest BCUT2D eigenvalue weighted by molar-refractivity contribution is 7.80. The van der Waals surface area contributed by atoms with Crippen molar-refractivity contribution in [1.29, 1.82) is 0 Å². The summed E-state index contributed by atoms with van der Waals surface area (Å²) in [5.74, 6) is 0.0888. The summed E-state index contributed by atoms with van der Waals surface area (Å²) in [4.78, 5) is 22.7. The normalized spacial score (nSPS) is 9.96. The number of ether oxygens (including phenoxy) is 2. The van der Waals surface area contributed by atoms with Gasteiger partial charge >= 0.3 is 0 Å². The maximum atomic E-state index is 12.5. The quantitative estimate of drug-likeness (QED) is 0.454. The third-order valence-electron chi connectivity index (χ3n) is 3.29. The van der Waals surface area contributed by atoms with E-state index >= 15 is 0 Å². The van der Waals surface area contributed by atoms with E-state index in [4.69, 9.17) is 33.3 Å². The van der Waals surface area contributed by atoms with Crippen LogP contribution in [0.4, 0.5) is 11.4 Å². The molecule has 26 heavy (non-hydrogen) atoms. The zero-order valence-corrected chi connectivity index (χ0v) is 15.3. The summed E-state index contributed by atoms with van der Waals surface area (Å²) in [5.41, 5.74) is 0.334. The Kier molecular flexibility index (Phi) is 6.31. The number of thiocarbonyl (C=S) groups is 1. The summed E-state index contributed by atoms with van der Waals surface area (Å²) >= 11 is 11.1. The topological polar surface area (TPSA) is 103 Å². The van der Waals surface area contributed by atoms with Gasteiger partial charge in [0.25, 0.3) is 11.6 Å². The Balaban J connectivity index is 2.16. The molecule has 0 aliphatic rings. The molecule has 0 saturated heterocycles. The summed E-state index contributed by atoms with van der Waals surface area (Å²) in [6, 6.07) is 8.74. The highest BCUT2D eigenvalue weighted by Crippen LogP contribution is 2.29. The lowest BCUT2D eigenvalue weighted by Crippen LogP contribution is -2.34. The number of rotatable bonds is 5. The SMILES string of the molecule is COc1cccc(OC)c1C(=O)NC(=S)Nc1ccc([N+](=O)[O-])cc1Cl. The standard InChI is InChI=1S/C16H14ClN3O5S/c1-24-12-4-3-5-13(25-2)14(12)15(21)19-16(26)18-11-7-6-9(20(22)23)8-10(11)17/h3-8H,1-2H3,(H2,18,19,21,26). The number of hydrogen-bond donors (Lipinski definition) is 2. The highest BCUT2D eigenvalue weighted by atomic mass is 35.5. The van der Waals surface area contributed by atoms with Crippen LogP contribution in [0.25, 0.3) is 0 Å². The first-order valence-electron chi connectivity index (χ1n) is 7.14. The lowest BCUT2D eigenvalue weighted by Gasteiger charge is -2.14. The number of amides is 1. The van der Waals surface area contributed by atoms with Crippen LogP contribution >= 0.6 is 23.8 Å². The average molecular weight is 396 g/mol. The summed E-state index contributed by atoms with van der Waals surface area (Å²) in [5, 5.41) is 16.0. The second-order valence-corrected chi connectivity index (χ2v) is 5.68. The molecule has 136 valence electrons. The monoisotopic (exact) mass is 395 g/mol. The van der Waals surface area contributed by atoms with Crippen LogP contribution in [-0.4, -0.2) is 30.2 Å². The second-order valence-electron chi connectivity index (χ2n) is 4.87. The van der Waals surface area contributed by atoms with Gasteiger partial charge < -0.3 is 14.8 Å². The molecule has 0 aliphatic carbocycles. The molecule has 0 aromatic heterocycles. The summed E-state index contributed by atoms with van der Waals surface area (Å²) < 4.78 is 10.3. The van der Waals surface area contributed by atoms with E-state index in [0.29, 0.717) is 17.2 Å². The van der Waals surface area contributed by atoms with E-state index in [1.54, 1.807) is 18.2 Å². The predicted molar refractivity (Wildman–Crippen MR) is 101 cm³/mol. The van der Waals surface area contributed by atoms with Crippen molar-refractivity contribution in [3.8, 4) is 11.5 Å². The number of hydrogen-bond acceptors (Lipinski definition) is 6. The van der Waals surface area contributed by atoms with Gasteiger partial charge in [-0.15, -0.1) is 0 Å². The van der Waals surface area contributed by atoms with Crippen molar-refractivity contribution in [1.82, 2.24) is 5.32 Å². The molecule has 0 atom stereocenters. The second kappa shape index (κ2) is 8.45. The Morgan fingerprint density at radius 1 is 1.19 bits per heavy atom. The van der Waals surface area contributed by atoms with Crippen LogP contribution in [0.15, 0.2) is 36.4 Å². The number of carbonyl (C=O) groups is 1. The van der Waals surface area contributed by atoms with Crippen LogP contribution in [0, 0.1) is 10.1 Å². The van der Waals surface area contributed by atoms with Crippen LogP contribution in [0.5, 0.6) is 11.5 Å². The van der Waals surface area contributed by atoms with Gasteiger partial charge in [-0.05, 0) is 30.4 Å². The molecule has 2 aromatic rings. The molecule has 0 bridgehead atoms. The van der Waals surface area contributed by atoms with Gasteiger partial charge in [0.2, 0.25) is 0 Å². The molecule has 1 amide bonds. The number of nitro groups is 1.